The molecule has 0 bridgehead atoms. The number of hydrogen-bond donors (Lipinski definition) is 2. The third-order valence-electron chi connectivity index (χ3n) is 4.05. The summed E-state index contributed by atoms with van der Waals surface area (Å²) in [6.07, 6.45) is 2.38. The number of benzene rings is 2. The lowest BCUT2D eigenvalue weighted by molar-refractivity contribution is -0.394. The molecular formula is C18H11N5O9. The molecule has 1 heterocycles. The number of nitrogens with one attached hydrogen (secondary N) is 2. The van der Waals surface area contributed by atoms with Crippen LogP contribution in [0, 0.1) is 30.3 Å². The molecule has 0 saturated carbocycles. The molecule has 3 rings (SSSR count). The Morgan fingerprint density at radius 2 is 1.53 bits per heavy atom. The van der Waals surface area contributed by atoms with Gasteiger partial charge in [0, 0.05) is 11.6 Å². The summed E-state index contributed by atoms with van der Waals surface area (Å²) in [6, 6.07) is 8.90. The van der Waals surface area contributed by atoms with Gasteiger partial charge >= 0.3 is 22.6 Å². The third-order valence-corrected chi connectivity index (χ3v) is 4.05. The molecule has 14 nitrogen and oxygen atoms in total. The van der Waals surface area contributed by atoms with Gasteiger partial charge in [0.2, 0.25) is 5.75 Å². The maximum atomic E-state index is 11.7. The predicted octanol–water partition coefficient (Wildman–Crippen LogP) is 2.75. The number of nitro benzene ring substituents is 2. The molecule has 0 saturated heterocycles. The van der Waals surface area contributed by atoms with Gasteiger partial charge in [-0.15, -0.1) is 0 Å². The molecule has 0 aliphatic heterocycles. The van der Waals surface area contributed by atoms with Crippen LogP contribution in [0.15, 0.2) is 52.1 Å². The number of hydrogen-bond acceptors (Lipinski definition) is 9. The quantitative estimate of drug-likeness (QED) is 0.408. The zero-order valence-electron chi connectivity index (χ0n) is 15.7. The molecule has 2 N–H and O–H groups in total. The highest BCUT2D eigenvalue weighted by Crippen LogP contribution is 2.36. The molecule has 0 spiro atoms. The molecule has 2 aromatic carbocycles. The largest absolute Gasteiger partial charge is 0.449 e. The number of nitrogens with zero attached hydrogens (tertiary/aromatic N) is 3. The lowest BCUT2D eigenvalue weighted by atomic mass is 10.1. The first kappa shape index (κ1) is 21.6. The summed E-state index contributed by atoms with van der Waals surface area (Å²) in [6.45, 7) is 0. The van der Waals surface area contributed by atoms with E-state index in [2.05, 4.69) is 4.98 Å². The second-order valence-electron chi connectivity index (χ2n) is 6.07. The second kappa shape index (κ2) is 8.70. The first-order valence-corrected chi connectivity index (χ1v) is 8.56. The van der Waals surface area contributed by atoms with E-state index in [-0.39, 0.29) is 22.8 Å². The fourth-order valence-corrected chi connectivity index (χ4v) is 2.65. The van der Waals surface area contributed by atoms with Crippen LogP contribution in [0.5, 0.6) is 11.5 Å². The predicted molar refractivity (Wildman–Crippen MR) is 110 cm³/mol. The highest BCUT2D eigenvalue weighted by molar-refractivity contribution is 5.74. The lowest BCUT2D eigenvalue weighted by Gasteiger charge is -2.09. The van der Waals surface area contributed by atoms with E-state index < -0.39 is 43.1 Å². The molecule has 1 aromatic heterocycles. The molecule has 162 valence electrons. The van der Waals surface area contributed by atoms with Crippen LogP contribution < -0.4 is 16.0 Å². The number of non-ortho nitro benzene ring substituents is 1. The van der Waals surface area contributed by atoms with Gasteiger partial charge in [0.25, 0.3) is 5.69 Å². The molecule has 0 amide bonds. The number of rotatable bonds is 7. The van der Waals surface area contributed by atoms with E-state index in [0.717, 1.165) is 24.3 Å². The van der Waals surface area contributed by atoms with E-state index in [1.807, 2.05) is 0 Å². The van der Waals surface area contributed by atoms with Gasteiger partial charge in [-0.05, 0) is 24.3 Å². The first-order chi connectivity index (χ1) is 15.2. The van der Waals surface area contributed by atoms with Crippen molar-refractivity contribution in [2.75, 3.05) is 0 Å². The van der Waals surface area contributed by atoms with E-state index in [1.54, 1.807) is 17.1 Å². The average Bonchev–Trinajstić information content (AvgIpc) is 2.72. The number of ether oxygens (including phenoxy) is 1. The van der Waals surface area contributed by atoms with Crippen molar-refractivity contribution in [1.82, 2.24) is 9.97 Å². The second-order valence-corrected chi connectivity index (χ2v) is 6.07. The minimum Gasteiger partial charge on any atom is -0.449 e. The number of nitro groups is 3. The Balaban J connectivity index is 2.03. The van der Waals surface area contributed by atoms with E-state index >= 15 is 0 Å². The fraction of sp³-hybridized carbons (Fsp3) is 0. The number of H-pyrrole nitrogens is 2. The zero-order chi connectivity index (χ0) is 23.4. The molecule has 14 heteroatoms. The van der Waals surface area contributed by atoms with Crippen molar-refractivity contribution >= 4 is 29.2 Å². The average molecular weight is 441 g/mol. The maximum Gasteiger partial charge on any atom is 0.357 e. The van der Waals surface area contributed by atoms with E-state index in [4.69, 9.17) is 4.74 Å². The number of aromatic amines is 2. The van der Waals surface area contributed by atoms with Crippen molar-refractivity contribution in [3.63, 3.8) is 0 Å². The summed E-state index contributed by atoms with van der Waals surface area (Å²) in [5.41, 5.74) is -4.27. The molecule has 3 aromatic rings. The van der Waals surface area contributed by atoms with Crippen LogP contribution in [-0.4, -0.2) is 24.7 Å². The Bertz CT molecular complexity index is 1390. The van der Waals surface area contributed by atoms with Crippen molar-refractivity contribution in [3.8, 4) is 11.5 Å². The van der Waals surface area contributed by atoms with Gasteiger partial charge in [-0.2, -0.15) is 0 Å². The van der Waals surface area contributed by atoms with Gasteiger partial charge in [-0.25, -0.2) is 4.79 Å². The van der Waals surface area contributed by atoms with Gasteiger partial charge in [-0.3, -0.25) is 40.1 Å². The van der Waals surface area contributed by atoms with E-state index in [0.29, 0.717) is 0 Å². The van der Waals surface area contributed by atoms with Crippen LogP contribution in [0.25, 0.3) is 12.2 Å². The summed E-state index contributed by atoms with van der Waals surface area (Å²) >= 11 is 0. The molecule has 0 fully saturated rings. The normalized spacial score (nSPS) is 10.8. The van der Waals surface area contributed by atoms with Crippen molar-refractivity contribution in [2.45, 2.75) is 0 Å². The van der Waals surface area contributed by atoms with Crippen LogP contribution in [0.4, 0.5) is 17.1 Å². The first-order valence-electron chi connectivity index (χ1n) is 8.56. The molecular weight excluding hydrogens is 430 g/mol. The van der Waals surface area contributed by atoms with Crippen LogP contribution in [-0.2, 0) is 0 Å². The van der Waals surface area contributed by atoms with Crippen molar-refractivity contribution in [1.29, 1.82) is 0 Å². The van der Waals surface area contributed by atoms with Gasteiger partial charge in [0.05, 0.1) is 20.8 Å². The number of aromatic nitrogens is 2. The van der Waals surface area contributed by atoms with Crippen molar-refractivity contribution < 1.29 is 19.5 Å². The zero-order valence-corrected chi connectivity index (χ0v) is 15.7. The minimum absolute atomic E-state index is 0.0653. The van der Waals surface area contributed by atoms with Crippen LogP contribution in [0.2, 0.25) is 0 Å². The molecule has 0 atom stereocenters. The maximum absolute atomic E-state index is 11.7. The number of para-hydroxylation sites is 1. The summed E-state index contributed by atoms with van der Waals surface area (Å²) in [7, 11) is 0. The third kappa shape index (κ3) is 4.54. The highest BCUT2D eigenvalue weighted by Gasteiger charge is 2.22. The summed E-state index contributed by atoms with van der Waals surface area (Å²) in [4.78, 5) is 57.8. The molecule has 0 aliphatic carbocycles. The molecule has 0 unspecified atom stereocenters. The topological polar surface area (TPSA) is 204 Å². The van der Waals surface area contributed by atoms with Crippen molar-refractivity contribution in [3.05, 3.63) is 105 Å². The SMILES string of the molecule is O=c1[nH]c(/C=C\c2ccccc2Oc2ccc([N+](=O)[O-])cc2[N+](=O)[O-])c([N+](=O)[O-])c(=O)[nH]1. The van der Waals surface area contributed by atoms with Crippen LogP contribution in [0.3, 0.4) is 0 Å². The molecule has 32 heavy (non-hydrogen) atoms. The Morgan fingerprint density at radius 3 is 2.19 bits per heavy atom. The van der Waals surface area contributed by atoms with Gasteiger partial charge < -0.3 is 9.72 Å². The van der Waals surface area contributed by atoms with Crippen LogP contribution >= 0.6 is 0 Å². The standard InChI is InChI=1S/C18H11N5O9/c24-17-16(23(30)31)12(19-18(25)20-17)7-5-10-3-1-2-4-14(10)32-15-8-6-11(21(26)27)9-13(15)22(28)29/h1-9H,(H2,19,20,24,25)/b7-5-. The summed E-state index contributed by atoms with van der Waals surface area (Å²) < 4.78 is 5.56. The lowest BCUT2D eigenvalue weighted by Crippen LogP contribution is -2.25. The van der Waals surface area contributed by atoms with Gasteiger partial charge in [0.15, 0.2) is 0 Å². The Hall–Kier alpha value is -5.14. The van der Waals surface area contributed by atoms with E-state index in [9.17, 15) is 39.9 Å². The van der Waals surface area contributed by atoms with E-state index in [1.165, 1.54) is 18.2 Å². The Labute approximate surface area is 175 Å². The van der Waals surface area contributed by atoms with Crippen LogP contribution in [0.1, 0.15) is 11.3 Å². The fourth-order valence-electron chi connectivity index (χ4n) is 2.65. The van der Waals surface area contributed by atoms with Crippen molar-refractivity contribution in [2.24, 2.45) is 0 Å². The highest BCUT2D eigenvalue weighted by atomic mass is 16.6. The monoisotopic (exact) mass is 441 g/mol. The minimum atomic E-state index is -1.19. The smallest absolute Gasteiger partial charge is 0.357 e. The Morgan fingerprint density at radius 1 is 0.812 bits per heavy atom. The summed E-state index contributed by atoms with van der Waals surface area (Å²) in [5, 5.41) is 33.3. The molecule has 0 radical (unpaired) electrons. The van der Waals surface area contributed by atoms with Gasteiger partial charge in [-0.1, -0.05) is 18.2 Å². The van der Waals surface area contributed by atoms with Gasteiger partial charge in [0.1, 0.15) is 11.4 Å². The Kier molecular flexibility index (Phi) is 5.86. The summed E-state index contributed by atoms with van der Waals surface area (Å²) in [5.74, 6) is -0.215. The molecule has 0 aliphatic rings.